The van der Waals surface area contributed by atoms with E-state index in [1.54, 1.807) is 49.4 Å². The Kier molecular flexibility index (Phi) is 10.9. The van der Waals surface area contributed by atoms with Crippen molar-refractivity contribution in [1.82, 2.24) is 0 Å². The summed E-state index contributed by atoms with van der Waals surface area (Å²) in [6.45, 7) is 12.3. The SMILES string of the molecule is CCC(C)[C@H]1OC2(CC[C@@H]1C)C[C@@H]1C[C@@H](C/C=C(\C)[C@@H](OC(=O)c3ccccc3)[C@@H](C)/C=C/C=C3\CO[C@@H]4[C@H](O)C(C)=C[C@@H](C(=O)O1)[C@]34O)O2. The number of hydrogen-bond donors (Lipinski definition) is 2. The third-order valence-electron chi connectivity index (χ3n) is 11.7. The lowest BCUT2D eigenvalue weighted by molar-refractivity contribution is -0.340. The maximum absolute atomic E-state index is 14.2. The van der Waals surface area contributed by atoms with Crippen LogP contribution in [0, 0.1) is 23.7 Å². The van der Waals surface area contributed by atoms with E-state index >= 15 is 0 Å². The molecule has 1 aromatic carbocycles. The highest BCUT2D eigenvalue weighted by Gasteiger charge is 2.60. The van der Waals surface area contributed by atoms with Gasteiger partial charge in [-0.15, -0.1) is 0 Å². The summed E-state index contributed by atoms with van der Waals surface area (Å²) in [7, 11) is 0. The fourth-order valence-electron chi connectivity index (χ4n) is 8.50. The molecule has 4 heterocycles. The lowest BCUT2D eigenvalue weighted by atomic mass is 9.71. The average molecular weight is 691 g/mol. The second kappa shape index (κ2) is 14.9. The standard InChI is InChI=1S/C41H54O9/c1-7-24(2)36-27(5)18-19-40(50-36)22-32-21-31(49-40)17-16-26(4)35(48-38(43)29-13-9-8-10-14-29)25(3)12-11-15-30-23-46-37-34(42)28(6)20-33(39(44)47-32)41(30,37)45/h8-16,20,24-25,27,31-37,42,45H,7,17-19,21-23H2,1-6H3/b12-11+,26-16+,30-15+/t24?,25-,27-,31+,32-,33-,34+,35-,36+,37+,40?,41+/m0/s1. The fraction of sp³-hybridized carbons (Fsp3) is 0.610. The van der Waals surface area contributed by atoms with E-state index < -0.39 is 53.7 Å². The van der Waals surface area contributed by atoms with Crippen molar-refractivity contribution in [2.75, 3.05) is 6.61 Å². The normalized spacial score (nSPS) is 42.5. The number of rotatable bonds is 4. The first-order valence-electron chi connectivity index (χ1n) is 18.4. The Balaban J connectivity index is 1.39. The first kappa shape index (κ1) is 36.7. The van der Waals surface area contributed by atoms with Crippen molar-refractivity contribution in [3.8, 4) is 0 Å². The van der Waals surface area contributed by atoms with E-state index in [9.17, 15) is 19.8 Å². The lowest BCUT2D eigenvalue weighted by Crippen LogP contribution is -2.58. The molecule has 2 N–H and O–H groups in total. The number of carbonyl (C=O) groups is 2. The number of fused-ring (bicyclic) bond motifs is 2. The molecule has 6 rings (SSSR count). The van der Waals surface area contributed by atoms with Gasteiger partial charge in [0.25, 0.3) is 0 Å². The zero-order valence-electron chi connectivity index (χ0n) is 30.2. The summed E-state index contributed by atoms with van der Waals surface area (Å²) in [6.07, 6.45) is 9.49. The van der Waals surface area contributed by atoms with Crippen molar-refractivity contribution >= 4 is 11.9 Å². The molecule has 0 radical (unpaired) electrons. The molecule has 12 atom stereocenters. The van der Waals surface area contributed by atoms with Gasteiger partial charge in [0.05, 0.1) is 24.4 Å². The predicted molar refractivity (Wildman–Crippen MR) is 188 cm³/mol. The number of ether oxygens (including phenoxy) is 5. The molecule has 2 bridgehead atoms. The van der Waals surface area contributed by atoms with Crippen LogP contribution < -0.4 is 0 Å². The quantitative estimate of drug-likeness (QED) is 0.273. The first-order valence-corrected chi connectivity index (χ1v) is 18.4. The van der Waals surface area contributed by atoms with Gasteiger partial charge >= 0.3 is 11.9 Å². The minimum Gasteiger partial charge on any atom is -0.462 e. The van der Waals surface area contributed by atoms with E-state index in [4.69, 9.17) is 23.7 Å². The molecule has 3 saturated heterocycles. The Hall–Kier alpha value is -3.08. The lowest BCUT2D eigenvalue weighted by Gasteiger charge is -2.51. The molecule has 1 aliphatic carbocycles. The van der Waals surface area contributed by atoms with E-state index in [1.807, 2.05) is 26.0 Å². The van der Waals surface area contributed by atoms with Gasteiger partial charge in [0.2, 0.25) is 0 Å². The molecule has 2 unspecified atom stereocenters. The van der Waals surface area contributed by atoms with Crippen LogP contribution >= 0.6 is 0 Å². The first-order chi connectivity index (χ1) is 23.8. The van der Waals surface area contributed by atoms with Gasteiger partial charge in [-0.05, 0) is 67.4 Å². The highest BCUT2D eigenvalue weighted by Crippen LogP contribution is 2.48. The van der Waals surface area contributed by atoms with Crippen molar-refractivity contribution in [2.24, 2.45) is 23.7 Å². The van der Waals surface area contributed by atoms with Crippen LogP contribution in [0.25, 0.3) is 0 Å². The van der Waals surface area contributed by atoms with E-state index in [2.05, 4.69) is 26.8 Å². The molecule has 3 fully saturated rings. The molecule has 0 saturated carbocycles. The molecule has 272 valence electrons. The van der Waals surface area contributed by atoms with Gasteiger partial charge in [-0.1, -0.05) is 82.7 Å². The highest BCUT2D eigenvalue weighted by atomic mass is 16.7. The van der Waals surface area contributed by atoms with E-state index in [0.29, 0.717) is 54.2 Å². The summed E-state index contributed by atoms with van der Waals surface area (Å²) in [4.78, 5) is 27.5. The topological polar surface area (TPSA) is 121 Å². The maximum Gasteiger partial charge on any atom is 0.338 e. The van der Waals surface area contributed by atoms with Crippen molar-refractivity contribution in [3.63, 3.8) is 0 Å². The fourth-order valence-corrected chi connectivity index (χ4v) is 8.50. The molecule has 0 amide bonds. The maximum atomic E-state index is 14.2. The Morgan fingerprint density at radius 2 is 1.86 bits per heavy atom. The number of allylic oxidation sites excluding steroid dienone is 2. The summed E-state index contributed by atoms with van der Waals surface area (Å²) < 4.78 is 32.2. The summed E-state index contributed by atoms with van der Waals surface area (Å²) in [5.74, 6) is -2.54. The second-order valence-corrected chi connectivity index (χ2v) is 15.3. The average Bonchev–Trinajstić information content (AvgIpc) is 3.44. The van der Waals surface area contributed by atoms with Gasteiger partial charge in [-0.25, -0.2) is 4.79 Å². The Morgan fingerprint density at radius 1 is 1.10 bits per heavy atom. The Labute approximate surface area is 296 Å². The summed E-state index contributed by atoms with van der Waals surface area (Å²) >= 11 is 0. The number of aliphatic hydroxyl groups is 2. The van der Waals surface area contributed by atoms with Gasteiger partial charge < -0.3 is 33.9 Å². The summed E-state index contributed by atoms with van der Waals surface area (Å²) in [5.41, 5.74) is 0.547. The van der Waals surface area contributed by atoms with Crippen LogP contribution in [0.2, 0.25) is 0 Å². The van der Waals surface area contributed by atoms with E-state index in [0.717, 1.165) is 18.4 Å². The van der Waals surface area contributed by atoms with Gasteiger partial charge in [0.1, 0.15) is 35.9 Å². The number of carbonyl (C=O) groups excluding carboxylic acids is 2. The minimum atomic E-state index is -1.81. The van der Waals surface area contributed by atoms with Crippen molar-refractivity contribution in [3.05, 3.63) is 83.0 Å². The number of hydrogen-bond acceptors (Lipinski definition) is 9. The smallest absolute Gasteiger partial charge is 0.338 e. The third kappa shape index (κ3) is 7.17. The Morgan fingerprint density at radius 3 is 2.60 bits per heavy atom. The molecule has 1 spiro atoms. The molecular weight excluding hydrogens is 636 g/mol. The van der Waals surface area contributed by atoms with Gasteiger partial charge in [-0.3, -0.25) is 4.79 Å². The monoisotopic (exact) mass is 690 g/mol. The largest absolute Gasteiger partial charge is 0.462 e. The van der Waals surface area contributed by atoms with Crippen LogP contribution in [0.1, 0.15) is 90.4 Å². The molecule has 0 aromatic heterocycles. The molecule has 9 nitrogen and oxygen atoms in total. The Bertz CT molecular complexity index is 1530. The third-order valence-corrected chi connectivity index (χ3v) is 11.7. The molecule has 50 heavy (non-hydrogen) atoms. The van der Waals surface area contributed by atoms with Gasteiger partial charge in [-0.2, -0.15) is 0 Å². The van der Waals surface area contributed by atoms with Crippen LogP contribution in [0.4, 0.5) is 0 Å². The van der Waals surface area contributed by atoms with Crippen LogP contribution in [0.5, 0.6) is 0 Å². The van der Waals surface area contributed by atoms with Crippen molar-refractivity contribution < 1.29 is 43.5 Å². The van der Waals surface area contributed by atoms with Gasteiger partial charge in [0.15, 0.2) is 5.79 Å². The van der Waals surface area contributed by atoms with Crippen molar-refractivity contribution in [2.45, 2.75) is 128 Å². The van der Waals surface area contributed by atoms with Crippen LogP contribution in [-0.4, -0.2) is 76.8 Å². The molecular formula is C41H54O9. The van der Waals surface area contributed by atoms with E-state index in [1.165, 1.54) is 0 Å². The number of aliphatic hydroxyl groups excluding tert-OH is 1. The number of benzene rings is 1. The molecule has 5 aliphatic rings. The molecule has 1 aromatic rings. The van der Waals surface area contributed by atoms with Crippen LogP contribution in [0.15, 0.2) is 77.4 Å². The highest BCUT2D eigenvalue weighted by molar-refractivity contribution is 5.89. The predicted octanol–water partition coefficient (Wildman–Crippen LogP) is 6.40. The summed E-state index contributed by atoms with van der Waals surface area (Å²) in [6, 6.07) is 8.94. The van der Waals surface area contributed by atoms with Gasteiger partial charge in [0, 0.05) is 25.2 Å². The second-order valence-electron chi connectivity index (χ2n) is 15.3. The molecule has 9 heteroatoms. The van der Waals surface area contributed by atoms with Crippen molar-refractivity contribution in [1.29, 1.82) is 0 Å². The van der Waals surface area contributed by atoms with Crippen LogP contribution in [-0.2, 0) is 28.5 Å². The van der Waals surface area contributed by atoms with Crippen LogP contribution in [0.3, 0.4) is 0 Å². The number of esters is 2. The van der Waals surface area contributed by atoms with E-state index in [-0.39, 0.29) is 24.7 Å². The zero-order chi connectivity index (χ0) is 35.8. The minimum absolute atomic E-state index is 0.00335. The summed E-state index contributed by atoms with van der Waals surface area (Å²) in [5, 5.41) is 23.4. The zero-order valence-corrected chi connectivity index (χ0v) is 30.2. The molecule has 4 aliphatic heterocycles.